The number of amides is 1. The van der Waals surface area contributed by atoms with E-state index in [9.17, 15) is 22.4 Å². The fourth-order valence-corrected chi connectivity index (χ4v) is 4.60. The number of nitrogens with zero attached hydrogens (tertiary/aromatic N) is 4. The van der Waals surface area contributed by atoms with Crippen LogP contribution in [0.3, 0.4) is 0 Å². The van der Waals surface area contributed by atoms with Gasteiger partial charge in [0.25, 0.3) is 5.91 Å². The Morgan fingerprint density at radius 3 is 2.59 bits per heavy atom. The van der Waals surface area contributed by atoms with Crippen LogP contribution in [0.25, 0.3) is 11.3 Å². The number of hydrogen-bond donors (Lipinski definition) is 2. The second-order valence-electron chi connectivity index (χ2n) is 9.80. The summed E-state index contributed by atoms with van der Waals surface area (Å²) in [5, 5.41) is 11.2. The van der Waals surface area contributed by atoms with Gasteiger partial charge in [-0.2, -0.15) is 13.2 Å². The van der Waals surface area contributed by atoms with E-state index in [1.807, 2.05) is 0 Å². The van der Waals surface area contributed by atoms with E-state index in [1.165, 1.54) is 30.3 Å². The summed E-state index contributed by atoms with van der Waals surface area (Å²) in [5.41, 5.74) is 0.409. The Balaban J connectivity index is 1.56. The predicted molar refractivity (Wildman–Crippen MR) is 135 cm³/mol. The molecule has 1 aliphatic rings. The third-order valence-electron chi connectivity index (χ3n) is 6.82. The largest absolute Gasteiger partial charge is 0.434 e. The van der Waals surface area contributed by atoms with Gasteiger partial charge in [-0.1, -0.05) is 12.1 Å². The minimum Gasteiger partial charge on any atom is -0.344 e. The van der Waals surface area contributed by atoms with Crippen LogP contribution in [0.4, 0.5) is 17.6 Å². The molecule has 11 heteroatoms. The van der Waals surface area contributed by atoms with Crippen LogP contribution in [-0.2, 0) is 19.8 Å². The van der Waals surface area contributed by atoms with Gasteiger partial charge in [0, 0.05) is 31.2 Å². The molecular weight excluding hydrogens is 512 g/mol. The van der Waals surface area contributed by atoms with Crippen molar-refractivity contribution in [2.75, 3.05) is 0 Å². The number of alkyl halides is 3. The number of benzene rings is 1. The maximum absolute atomic E-state index is 13.9. The number of carbonyl (C=O) groups excluding carboxylic acids is 1. The van der Waals surface area contributed by atoms with Crippen molar-refractivity contribution in [2.24, 2.45) is 13.0 Å². The predicted octanol–water partition coefficient (Wildman–Crippen LogP) is 5.16. The summed E-state index contributed by atoms with van der Waals surface area (Å²) in [6.45, 7) is 1.79. The van der Waals surface area contributed by atoms with Crippen LogP contribution >= 0.6 is 0 Å². The number of imidazole rings is 1. The molecule has 1 amide bonds. The molecule has 3 heterocycles. The van der Waals surface area contributed by atoms with Crippen molar-refractivity contribution in [3.05, 3.63) is 101 Å². The normalized spacial score (nSPS) is 14.3. The molecular formula is C28H26F4N6O. The smallest absolute Gasteiger partial charge is 0.344 e. The maximum atomic E-state index is 13.9. The fraction of sp³-hybridized carbons (Fsp3) is 0.286. The van der Waals surface area contributed by atoms with Crippen LogP contribution in [0, 0.1) is 24.1 Å². The third-order valence-corrected chi connectivity index (χ3v) is 6.82. The Morgan fingerprint density at radius 2 is 1.95 bits per heavy atom. The van der Waals surface area contributed by atoms with Gasteiger partial charge in [-0.25, -0.2) is 9.37 Å². The van der Waals surface area contributed by atoms with E-state index < -0.39 is 23.8 Å². The molecule has 1 atom stereocenters. The molecule has 1 aliphatic carbocycles. The van der Waals surface area contributed by atoms with Crippen LogP contribution in [0.5, 0.6) is 0 Å². The van der Waals surface area contributed by atoms with E-state index in [0.29, 0.717) is 11.1 Å². The first kappa shape index (κ1) is 26.3. The highest BCUT2D eigenvalue weighted by Gasteiger charge is 2.37. The number of halogens is 4. The van der Waals surface area contributed by atoms with Crippen LogP contribution in [0.15, 0.2) is 61.1 Å². The summed E-state index contributed by atoms with van der Waals surface area (Å²) in [5.74, 6) is -0.733. The van der Waals surface area contributed by atoms with E-state index >= 15 is 0 Å². The van der Waals surface area contributed by atoms with Crippen molar-refractivity contribution in [1.82, 2.24) is 24.4 Å². The molecule has 3 aromatic heterocycles. The van der Waals surface area contributed by atoms with Crippen molar-refractivity contribution >= 4 is 5.91 Å². The Morgan fingerprint density at radius 1 is 1.18 bits per heavy atom. The number of aromatic nitrogens is 4. The minimum atomic E-state index is -4.73. The van der Waals surface area contributed by atoms with Crippen molar-refractivity contribution < 1.29 is 22.4 Å². The first-order valence-electron chi connectivity index (χ1n) is 12.4. The average Bonchev–Trinajstić information content (AvgIpc) is 3.70. The number of rotatable bonds is 7. The van der Waals surface area contributed by atoms with Gasteiger partial charge in [-0.15, -0.1) is 0 Å². The van der Waals surface area contributed by atoms with E-state index in [2.05, 4.69) is 15.3 Å². The van der Waals surface area contributed by atoms with E-state index in [1.54, 1.807) is 47.6 Å². The van der Waals surface area contributed by atoms with Gasteiger partial charge in [0.15, 0.2) is 5.69 Å². The minimum absolute atomic E-state index is 0.0539. The van der Waals surface area contributed by atoms with Crippen molar-refractivity contribution in [3.8, 4) is 11.3 Å². The summed E-state index contributed by atoms with van der Waals surface area (Å²) < 4.78 is 58.4. The number of hydrogen-bond acceptors (Lipinski definition) is 4. The second kappa shape index (κ2) is 10.1. The summed E-state index contributed by atoms with van der Waals surface area (Å²) >= 11 is 0. The molecule has 39 heavy (non-hydrogen) atoms. The lowest BCUT2D eigenvalue weighted by atomic mass is 9.99. The molecule has 2 N–H and O–H groups in total. The molecule has 5 rings (SSSR count). The lowest BCUT2D eigenvalue weighted by molar-refractivity contribution is -0.140. The maximum Gasteiger partial charge on any atom is 0.434 e. The molecule has 1 aromatic carbocycles. The van der Waals surface area contributed by atoms with Gasteiger partial charge in [-0.3, -0.25) is 15.2 Å². The average molecular weight is 539 g/mol. The van der Waals surface area contributed by atoms with Gasteiger partial charge in [-0.05, 0) is 72.7 Å². The quantitative estimate of drug-likeness (QED) is 0.319. The number of carbonyl (C=O) groups is 1. The van der Waals surface area contributed by atoms with Crippen LogP contribution in [-0.4, -0.2) is 25.0 Å². The van der Waals surface area contributed by atoms with Gasteiger partial charge < -0.3 is 14.5 Å². The topological polar surface area (TPSA) is 88.6 Å². The van der Waals surface area contributed by atoms with Crippen molar-refractivity contribution in [1.29, 1.82) is 5.41 Å². The zero-order valence-corrected chi connectivity index (χ0v) is 21.3. The highest BCUT2D eigenvalue weighted by Crippen LogP contribution is 2.41. The molecule has 0 radical (unpaired) electrons. The van der Waals surface area contributed by atoms with Gasteiger partial charge in [0.05, 0.1) is 18.3 Å². The van der Waals surface area contributed by atoms with Crippen molar-refractivity contribution in [2.45, 2.75) is 38.5 Å². The fourth-order valence-electron chi connectivity index (χ4n) is 4.60. The molecule has 0 saturated heterocycles. The molecule has 4 aromatic rings. The summed E-state index contributed by atoms with van der Waals surface area (Å²) in [4.78, 5) is 21.4. The number of aryl methyl sites for hydroxylation is 2. The standard InChI is InChI=1S/C28H26F4N6O/c1-16-12-19(7-8-21(16)29)24(18-5-6-18)36-26(39)23-14-17(15-38-11-10-37(2)27(38)33)13-22(35-23)20-4-3-9-34-25(20)28(30,31)32/h3-4,7-14,18,24,33H,5-6,15H2,1-2H3,(H,36,39). The van der Waals surface area contributed by atoms with Crippen molar-refractivity contribution in [3.63, 3.8) is 0 Å². The van der Waals surface area contributed by atoms with Crippen LogP contribution in [0.1, 0.15) is 51.8 Å². The highest BCUT2D eigenvalue weighted by molar-refractivity contribution is 5.93. The molecule has 1 fully saturated rings. The van der Waals surface area contributed by atoms with Crippen LogP contribution < -0.4 is 10.9 Å². The Kier molecular flexibility index (Phi) is 6.83. The summed E-state index contributed by atoms with van der Waals surface area (Å²) in [6, 6.07) is 9.94. The molecule has 1 saturated carbocycles. The zero-order valence-electron chi connectivity index (χ0n) is 21.3. The lowest BCUT2D eigenvalue weighted by Crippen LogP contribution is -2.31. The van der Waals surface area contributed by atoms with E-state index in [4.69, 9.17) is 5.41 Å². The molecule has 202 valence electrons. The molecule has 0 aliphatic heterocycles. The van der Waals surface area contributed by atoms with E-state index in [-0.39, 0.29) is 40.8 Å². The second-order valence-corrected chi connectivity index (χ2v) is 9.80. The van der Waals surface area contributed by atoms with Gasteiger partial charge >= 0.3 is 6.18 Å². The zero-order chi connectivity index (χ0) is 27.9. The Labute approximate surface area is 221 Å². The van der Waals surface area contributed by atoms with E-state index in [0.717, 1.165) is 24.6 Å². The first-order chi connectivity index (χ1) is 18.5. The summed E-state index contributed by atoms with van der Waals surface area (Å²) in [6.07, 6.45) is 1.47. The Hall–Kier alpha value is -4.28. The van der Waals surface area contributed by atoms with Crippen LogP contribution in [0.2, 0.25) is 0 Å². The molecule has 0 bridgehead atoms. The van der Waals surface area contributed by atoms with Gasteiger partial charge in [0.1, 0.15) is 11.5 Å². The monoisotopic (exact) mass is 538 g/mol. The number of nitrogens with one attached hydrogen (secondary N) is 2. The lowest BCUT2D eigenvalue weighted by Gasteiger charge is -2.20. The molecule has 7 nitrogen and oxygen atoms in total. The van der Waals surface area contributed by atoms with Gasteiger partial charge in [0.2, 0.25) is 5.62 Å². The highest BCUT2D eigenvalue weighted by atomic mass is 19.4. The Bertz CT molecular complexity index is 1600. The number of pyridine rings is 2. The first-order valence-corrected chi connectivity index (χ1v) is 12.4. The third kappa shape index (κ3) is 5.62. The SMILES string of the molecule is Cc1cc(C(NC(=O)c2cc(Cn3ccn(C)c3=N)cc(-c3cccnc3C(F)(F)F)n2)C2CC2)ccc1F. The molecule has 1 unspecified atom stereocenters. The molecule has 0 spiro atoms. The summed E-state index contributed by atoms with van der Waals surface area (Å²) in [7, 11) is 1.70.